The van der Waals surface area contributed by atoms with Crippen molar-refractivity contribution in [3.05, 3.63) is 60.4 Å². The summed E-state index contributed by atoms with van der Waals surface area (Å²) >= 11 is 0. The Hall–Kier alpha value is -1.89. The maximum atomic E-state index is 4.14. The monoisotopic (exact) mass is 209 g/mol. The summed E-state index contributed by atoms with van der Waals surface area (Å²) in [7, 11) is 0. The molecular weight excluding hydrogens is 194 g/mol. The lowest BCUT2D eigenvalue weighted by molar-refractivity contribution is 1.32. The lowest BCUT2D eigenvalue weighted by Gasteiger charge is -2.08. The predicted octanol–water partition coefficient (Wildman–Crippen LogP) is 4.09. The number of hydrogen-bond donors (Lipinski definition) is 0. The molecule has 0 unspecified atom stereocenters. The number of benzene rings is 1. The fraction of sp³-hybridized carbons (Fsp3) is 0.133. The van der Waals surface area contributed by atoms with Crippen molar-refractivity contribution in [3.63, 3.8) is 0 Å². The van der Waals surface area contributed by atoms with Crippen LogP contribution in [0, 0.1) is 6.92 Å². The van der Waals surface area contributed by atoms with Crippen molar-refractivity contribution in [1.29, 1.82) is 0 Å². The van der Waals surface area contributed by atoms with Crippen LogP contribution in [0.4, 0.5) is 0 Å². The lowest BCUT2D eigenvalue weighted by atomic mass is 9.98. The van der Waals surface area contributed by atoms with Gasteiger partial charge in [-0.1, -0.05) is 36.4 Å². The van der Waals surface area contributed by atoms with Crippen molar-refractivity contribution in [3.8, 4) is 11.1 Å². The lowest BCUT2D eigenvalue weighted by Crippen LogP contribution is -1.86. The molecule has 0 N–H and O–H groups in total. The van der Waals surface area contributed by atoms with E-state index < -0.39 is 0 Å². The van der Waals surface area contributed by atoms with Crippen molar-refractivity contribution in [2.45, 2.75) is 13.8 Å². The van der Waals surface area contributed by atoms with Crippen LogP contribution in [0.1, 0.15) is 18.1 Å². The first-order chi connectivity index (χ1) is 7.68. The van der Waals surface area contributed by atoms with E-state index in [1.165, 1.54) is 16.7 Å². The molecule has 0 aliphatic carbocycles. The number of nitrogens with zero attached hydrogens (tertiary/aromatic N) is 1. The quantitative estimate of drug-likeness (QED) is 0.726. The summed E-state index contributed by atoms with van der Waals surface area (Å²) in [6, 6.07) is 10.5. The van der Waals surface area contributed by atoms with Gasteiger partial charge in [-0.3, -0.25) is 4.98 Å². The van der Waals surface area contributed by atoms with Gasteiger partial charge in [-0.2, -0.15) is 0 Å². The van der Waals surface area contributed by atoms with Crippen LogP contribution in [0.15, 0.2) is 49.3 Å². The molecule has 0 bridgehead atoms. The SMILES string of the molecule is C=C(C)c1ccc(-c2cccnc2)c(C)c1. The van der Waals surface area contributed by atoms with Crippen LogP contribution in [0.25, 0.3) is 16.7 Å². The van der Waals surface area contributed by atoms with Crippen LogP contribution in [-0.4, -0.2) is 4.98 Å². The van der Waals surface area contributed by atoms with Crippen molar-refractivity contribution < 1.29 is 0 Å². The van der Waals surface area contributed by atoms with Gasteiger partial charge in [-0.25, -0.2) is 0 Å². The van der Waals surface area contributed by atoms with Crippen LogP contribution in [0.5, 0.6) is 0 Å². The van der Waals surface area contributed by atoms with Crippen LogP contribution >= 0.6 is 0 Å². The summed E-state index contributed by atoms with van der Waals surface area (Å²) in [5.41, 5.74) is 5.95. The van der Waals surface area contributed by atoms with Crippen LogP contribution in [0.2, 0.25) is 0 Å². The van der Waals surface area contributed by atoms with E-state index in [9.17, 15) is 0 Å². The fourth-order valence-electron chi connectivity index (χ4n) is 1.78. The topological polar surface area (TPSA) is 12.9 Å². The van der Waals surface area contributed by atoms with E-state index in [0.717, 1.165) is 11.1 Å². The molecule has 2 rings (SSSR count). The van der Waals surface area contributed by atoms with Gasteiger partial charge < -0.3 is 0 Å². The van der Waals surface area contributed by atoms with Gasteiger partial charge in [0.25, 0.3) is 0 Å². The molecule has 0 aliphatic heterocycles. The molecule has 16 heavy (non-hydrogen) atoms. The zero-order valence-corrected chi connectivity index (χ0v) is 9.70. The fourth-order valence-corrected chi connectivity index (χ4v) is 1.78. The minimum absolute atomic E-state index is 1.10. The third kappa shape index (κ3) is 2.03. The molecule has 0 spiro atoms. The van der Waals surface area contributed by atoms with Crippen molar-refractivity contribution >= 4 is 5.57 Å². The zero-order valence-electron chi connectivity index (χ0n) is 9.70. The number of pyridine rings is 1. The van der Waals surface area contributed by atoms with Gasteiger partial charge in [-0.15, -0.1) is 0 Å². The molecule has 80 valence electrons. The van der Waals surface area contributed by atoms with E-state index >= 15 is 0 Å². The highest BCUT2D eigenvalue weighted by Crippen LogP contribution is 2.25. The molecule has 0 fully saturated rings. The highest BCUT2D eigenvalue weighted by atomic mass is 14.6. The zero-order chi connectivity index (χ0) is 11.5. The van der Waals surface area contributed by atoms with Crippen molar-refractivity contribution in [2.75, 3.05) is 0 Å². The summed E-state index contributed by atoms with van der Waals surface area (Å²) in [4.78, 5) is 4.14. The number of rotatable bonds is 2. The molecule has 0 radical (unpaired) electrons. The molecule has 0 amide bonds. The van der Waals surface area contributed by atoms with Crippen molar-refractivity contribution in [1.82, 2.24) is 4.98 Å². The van der Waals surface area contributed by atoms with Gasteiger partial charge in [0.05, 0.1) is 0 Å². The van der Waals surface area contributed by atoms with E-state index in [2.05, 4.69) is 42.8 Å². The second-order valence-electron chi connectivity index (χ2n) is 4.05. The Labute approximate surface area is 96.5 Å². The summed E-state index contributed by atoms with van der Waals surface area (Å²) < 4.78 is 0. The van der Waals surface area contributed by atoms with E-state index in [1.807, 2.05) is 19.2 Å². The van der Waals surface area contributed by atoms with Crippen LogP contribution in [-0.2, 0) is 0 Å². The Balaban J connectivity index is 2.48. The molecule has 0 atom stereocenters. The highest BCUT2D eigenvalue weighted by Gasteiger charge is 2.02. The first-order valence-corrected chi connectivity index (χ1v) is 5.35. The molecule has 2 aromatic rings. The molecule has 1 nitrogen and oxygen atoms in total. The normalized spacial score (nSPS) is 10.1. The first-order valence-electron chi connectivity index (χ1n) is 5.35. The number of aromatic nitrogens is 1. The van der Waals surface area contributed by atoms with Crippen LogP contribution < -0.4 is 0 Å². The maximum absolute atomic E-state index is 4.14. The van der Waals surface area contributed by atoms with E-state index in [1.54, 1.807) is 6.20 Å². The Kier molecular flexibility index (Phi) is 2.86. The van der Waals surface area contributed by atoms with Gasteiger partial charge in [0.2, 0.25) is 0 Å². The molecule has 0 saturated carbocycles. The minimum Gasteiger partial charge on any atom is -0.264 e. The third-order valence-corrected chi connectivity index (χ3v) is 2.69. The third-order valence-electron chi connectivity index (χ3n) is 2.69. The molecule has 1 heterocycles. The summed E-state index contributed by atoms with van der Waals surface area (Å²) in [5.74, 6) is 0. The maximum Gasteiger partial charge on any atom is 0.0346 e. The highest BCUT2D eigenvalue weighted by molar-refractivity contribution is 5.71. The molecule has 0 saturated heterocycles. The largest absolute Gasteiger partial charge is 0.264 e. The number of hydrogen-bond acceptors (Lipinski definition) is 1. The van der Waals surface area contributed by atoms with Gasteiger partial charge >= 0.3 is 0 Å². The summed E-state index contributed by atoms with van der Waals surface area (Å²) in [6.45, 7) is 8.10. The summed E-state index contributed by atoms with van der Waals surface area (Å²) in [6.07, 6.45) is 3.68. The predicted molar refractivity (Wildman–Crippen MR) is 69.1 cm³/mol. The van der Waals surface area contributed by atoms with E-state index in [4.69, 9.17) is 0 Å². The van der Waals surface area contributed by atoms with Gasteiger partial charge in [0, 0.05) is 18.0 Å². The Morgan fingerprint density at radius 2 is 2.06 bits per heavy atom. The molecule has 0 aliphatic rings. The molecule has 1 aromatic carbocycles. The van der Waals surface area contributed by atoms with Gasteiger partial charge in [0.15, 0.2) is 0 Å². The van der Waals surface area contributed by atoms with Gasteiger partial charge in [0.1, 0.15) is 0 Å². The number of aryl methyl sites for hydroxylation is 1. The van der Waals surface area contributed by atoms with E-state index in [0.29, 0.717) is 0 Å². The van der Waals surface area contributed by atoms with Gasteiger partial charge in [-0.05, 0) is 36.6 Å². The molecule has 1 heteroatoms. The van der Waals surface area contributed by atoms with Crippen LogP contribution in [0.3, 0.4) is 0 Å². The first kappa shape index (κ1) is 10.6. The standard InChI is InChI=1S/C15H15N/c1-11(2)13-6-7-15(12(3)9-13)14-5-4-8-16-10-14/h4-10H,1H2,2-3H3. The second-order valence-corrected chi connectivity index (χ2v) is 4.05. The average molecular weight is 209 g/mol. The van der Waals surface area contributed by atoms with Crippen molar-refractivity contribution in [2.24, 2.45) is 0 Å². The smallest absolute Gasteiger partial charge is 0.0346 e. The Morgan fingerprint density at radius 1 is 1.25 bits per heavy atom. The molecular formula is C15H15N. The average Bonchev–Trinajstić information content (AvgIpc) is 2.30. The Bertz CT molecular complexity index is 512. The Morgan fingerprint density at radius 3 is 2.62 bits per heavy atom. The molecule has 1 aromatic heterocycles. The minimum atomic E-state index is 1.10. The number of allylic oxidation sites excluding steroid dienone is 1. The second kappa shape index (κ2) is 4.31. The van der Waals surface area contributed by atoms with E-state index in [-0.39, 0.29) is 0 Å². The summed E-state index contributed by atoms with van der Waals surface area (Å²) in [5, 5.41) is 0.